The number of benzene rings is 1. The molecule has 0 radical (unpaired) electrons. The Bertz CT molecular complexity index is 468. The molecule has 14 heavy (non-hydrogen) atoms. The molecule has 72 valence electrons. The van der Waals surface area contributed by atoms with Crippen LogP contribution >= 0.6 is 0 Å². The number of fused-ring (bicyclic) bond motifs is 1. The summed E-state index contributed by atoms with van der Waals surface area (Å²) in [5.74, 6) is -0.399. The largest absolute Gasteiger partial charge is 0.280 e. The molecule has 0 amide bonds. The van der Waals surface area contributed by atoms with Crippen LogP contribution in [0.4, 0.5) is 13.2 Å². The molecule has 0 fully saturated rings. The van der Waals surface area contributed by atoms with Gasteiger partial charge in [0.15, 0.2) is 0 Å². The lowest BCUT2D eigenvalue weighted by Crippen LogP contribution is -1.90. The third-order valence-corrected chi connectivity index (χ3v) is 1.90. The fourth-order valence-corrected chi connectivity index (χ4v) is 1.23. The molecule has 0 atom stereocenters. The molecule has 4 heteroatoms. The van der Waals surface area contributed by atoms with Crippen molar-refractivity contribution in [3.8, 4) is 0 Å². The molecule has 1 heterocycles. The molecule has 0 unspecified atom stereocenters. The monoisotopic (exact) mass is 197 g/mol. The van der Waals surface area contributed by atoms with Crippen molar-refractivity contribution >= 4 is 10.9 Å². The van der Waals surface area contributed by atoms with Crippen LogP contribution in [0, 0.1) is 5.82 Å². The summed E-state index contributed by atoms with van der Waals surface area (Å²) in [6, 6.07) is 6.48. The van der Waals surface area contributed by atoms with Crippen LogP contribution in [0.1, 0.15) is 12.1 Å². The molecule has 1 aromatic heterocycles. The molecular weight excluding hydrogens is 191 g/mol. The molecule has 0 aliphatic carbocycles. The van der Waals surface area contributed by atoms with Crippen molar-refractivity contribution < 1.29 is 13.2 Å². The van der Waals surface area contributed by atoms with E-state index in [9.17, 15) is 13.2 Å². The van der Waals surface area contributed by atoms with Crippen molar-refractivity contribution in [2.45, 2.75) is 6.43 Å². The predicted molar refractivity (Wildman–Crippen MR) is 46.7 cm³/mol. The van der Waals surface area contributed by atoms with Crippen molar-refractivity contribution in [1.29, 1.82) is 0 Å². The number of alkyl halides is 2. The maximum absolute atomic E-state index is 12.7. The zero-order valence-electron chi connectivity index (χ0n) is 7.05. The number of nitrogens with zero attached hydrogens (tertiary/aromatic N) is 1. The highest BCUT2D eigenvalue weighted by molar-refractivity contribution is 5.78. The number of hydrogen-bond donors (Lipinski definition) is 0. The lowest BCUT2D eigenvalue weighted by Gasteiger charge is -2.01. The summed E-state index contributed by atoms with van der Waals surface area (Å²) in [5.41, 5.74) is 0.0910. The van der Waals surface area contributed by atoms with Gasteiger partial charge in [-0.15, -0.1) is 0 Å². The molecule has 1 nitrogen and oxygen atoms in total. The third kappa shape index (κ3) is 1.55. The smallest absolute Gasteiger partial charge is 0.247 e. The second kappa shape index (κ2) is 3.29. The molecular formula is C10H6F3N. The normalized spacial score (nSPS) is 11.1. The van der Waals surface area contributed by atoms with Crippen LogP contribution in [0.3, 0.4) is 0 Å². The second-order valence-corrected chi connectivity index (χ2v) is 2.87. The first-order chi connectivity index (χ1) is 6.66. The van der Waals surface area contributed by atoms with E-state index >= 15 is 0 Å². The Hall–Kier alpha value is -1.58. The first kappa shape index (κ1) is 8.99. The standard InChI is InChI=1S/C10H6F3N/c11-7-2-4-8-6(5-7)1-3-9(14-8)10(12)13/h1-5,10H. The van der Waals surface area contributed by atoms with E-state index in [0.29, 0.717) is 10.9 Å². The Morgan fingerprint density at radius 3 is 2.57 bits per heavy atom. The van der Waals surface area contributed by atoms with Crippen LogP contribution < -0.4 is 0 Å². The topological polar surface area (TPSA) is 12.9 Å². The molecule has 0 bridgehead atoms. The van der Waals surface area contributed by atoms with E-state index in [1.165, 1.54) is 30.3 Å². The summed E-state index contributed by atoms with van der Waals surface area (Å²) in [7, 11) is 0. The quantitative estimate of drug-likeness (QED) is 0.683. The van der Waals surface area contributed by atoms with Crippen LogP contribution in [0.2, 0.25) is 0 Å². The minimum absolute atomic E-state index is 0.288. The van der Waals surface area contributed by atoms with Crippen molar-refractivity contribution in [2.24, 2.45) is 0 Å². The van der Waals surface area contributed by atoms with Crippen molar-refractivity contribution in [3.05, 3.63) is 41.8 Å². The van der Waals surface area contributed by atoms with Gasteiger partial charge in [-0.25, -0.2) is 18.2 Å². The van der Waals surface area contributed by atoms with Gasteiger partial charge in [0.1, 0.15) is 11.5 Å². The molecule has 0 saturated carbocycles. The summed E-state index contributed by atoms with van der Waals surface area (Å²) in [6.45, 7) is 0. The van der Waals surface area contributed by atoms with Gasteiger partial charge >= 0.3 is 0 Å². The molecule has 0 N–H and O–H groups in total. The lowest BCUT2D eigenvalue weighted by molar-refractivity contribution is 0.146. The van der Waals surface area contributed by atoms with E-state index in [1.807, 2.05) is 0 Å². The lowest BCUT2D eigenvalue weighted by atomic mass is 10.2. The van der Waals surface area contributed by atoms with Gasteiger partial charge < -0.3 is 0 Å². The van der Waals surface area contributed by atoms with Gasteiger partial charge in [-0.05, 0) is 24.3 Å². The SMILES string of the molecule is Fc1ccc2nc(C(F)F)ccc2c1. The van der Waals surface area contributed by atoms with Gasteiger partial charge in [-0.3, -0.25) is 0 Å². The van der Waals surface area contributed by atoms with Gasteiger partial charge in [0.25, 0.3) is 6.43 Å². The average molecular weight is 197 g/mol. The fraction of sp³-hybridized carbons (Fsp3) is 0.100. The average Bonchev–Trinajstić information content (AvgIpc) is 2.16. The number of hydrogen-bond acceptors (Lipinski definition) is 1. The van der Waals surface area contributed by atoms with Crippen LogP contribution in [0.25, 0.3) is 10.9 Å². The number of rotatable bonds is 1. The number of pyridine rings is 1. The van der Waals surface area contributed by atoms with E-state index in [4.69, 9.17) is 0 Å². The summed E-state index contributed by atoms with van der Waals surface area (Å²) >= 11 is 0. The Kier molecular flexibility index (Phi) is 2.11. The highest BCUT2D eigenvalue weighted by Gasteiger charge is 2.08. The highest BCUT2D eigenvalue weighted by Crippen LogP contribution is 2.20. The minimum atomic E-state index is -2.59. The first-order valence-corrected chi connectivity index (χ1v) is 4.01. The molecule has 0 spiro atoms. The van der Waals surface area contributed by atoms with Crippen LogP contribution in [-0.2, 0) is 0 Å². The third-order valence-electron chi connectivity index (χ3n) is 1.90. The molecule has 2 aromatic rings. The molecule has 1 aromatic carbocycles. The zero-order chi connectivity index (χ0) is 10.1. The van der Waals surface area contributed by atoms with E-state index in [0.717, 1.165) is 0 Å². The van der Waals surface area contributed by atoms with Crippen LogP contribution in [0.5, 0.6) is 0 Å². The maximum atomic E-state index is 12.7. The highest BCUT2D eigenvalue weighted by atomic mass is 19.3. The van der Waals surface area contributed by atoms with E-state index in [-0.39, 0.29) is 5.69 Å². The zero-order valence-corrected chi connectivity index (χ0v) is 7.05. The Balaban J connectivity index is 2.62. The van der Waals surface area contributed by atoms with Crippen molar-refractivity contribution in [1.82, 2.24) is 4.98 Å². The number of halogens is 3. The van der Waals surface area contributed by atoms with Crippen molar-refractivity contribution in [3.63, 3.8) is 0 Å². The second-order valence-electron chi connectivity index (χ2n) is 2.87. The van der Waals surface area contributed by atoms with Crippen molar-refractivity contribution in [2.75, 3.05) is 0 Å². The van der Waals surface area contributed by atoms with Crippen LogP contribution in [0.15, 0.2) is 30.3 Å². The van der Waals surface area contributed by atoms with E-state index < -0.39 is 12.2 Å². The molecule has 0 saturated heterocycles. The maximum Gasteiger partial charge on any atom is 0.280 e. The molecule has 0 aliphatic rings. The molecule has 0 aliphatic heterocycles. The van der Waals surface area contributed by atoms with E-state index in [2.05, 4.69) is 4.98 Å². The van der Waals surface area contributed by atoms with Gasteiger partial charge in [0, 0.05) is 5.39 Å². The van der Waals surface area contributed by atoms with Gasteiger partial charge in [-0.1, -0.05) is 6.07 Å². The van der Waals surface area contributed by atoms with Crippen LogP contribution in [-0.4, -0.2) is 4.98 Å². The Labute approximate surface area is 78.2 Å². The van der Waals surface area contributed by atoms with Gasteiger partial charge in [-0.2, -0.15) is 0 Å². The summed E-state index contributed by atoms with van der Waals surface area (Å²) in [5, 5.41) is 0.523. The number of aromatic nitrogens is 1. The van der Waals surface area contributed by atoms with Gasteiger partial charge in [0.05, 0.1) is 5.52 Å². The molecule has 2 rings (SSSR count). The van der Waals surface area contributed by atoms with E-state index in [1.54, 1.807) is 0 Å². The first-order valence-electron chi connectivity index (χ1n) is 4.01. The van der Waals surface area contributed by atoms with Gasteiger partial charge in [0.2, 0.25) is 0 Å². The fourth-order valence-electron chi connectivity index (χ4n) is 1.23. The Morgan fingerprint density at radius 1 is 1.07 bits per heavy atom. The summed E-state index contributed by atoms with van der Waals surface area (Å²) in [4.78, 5) is 3.70. The minimum Gasteiger partial charge on any atom is -0.247 e. The summed E-state index contributed by atoms with van der Waals surface area (Å²) < 4.78 is 37.2. The Morgan fingerprint density at radius 2 is 1.86 bits per heavy atom. The predicted octanol–water partition coefficient (Wildman–Crippen LogP) is 3.31. The summed E-state index contributed by atoms with van der Waals surface area (Å²) in [6.07, 6.45) is -2.59.